The molecule has 24 heavy (non-hydrogen) atoms. The maximum Gasteiger partial charge on any atom is 0.389 e. The van der Waals surface area contributed by atoms with E-state index in [1.54, 1.807) is 0 Å². The second-order valence-electron chi connectivity index (χ2n) is 5.01. The maximum absolute atomic E-state index is 13.7. The Kier molecular flexibility index (Phi) is 6.50. The van der Waals surface area contributed by atoms with Crippen LogP contribution in [-0.4, -0.2) is 29.1 Å². The lowest BCUT2D eigenvalue weighted by atomic mass is 9.89. The summed E-state index contributed by atoms with van der Waals surface area (Å²) >= 11 is 1.34. The van der Waals surface area contributed by atoms with Crippen LogP contribution in [0.3, 0.4) is 0 Å². The van der Waals surface area contributed by atoms with Gasteiger partial charge in [0.25, 0.3) is 0 Å². The number of carboxylic acid groups (broad SMARTS) is 1. The van der Waals surface area contributed by atoms with E-state index in [1.807, 2.05) is 0 Å². The lowest BCUT2D eigenvalue weighted by Gasteiger charge is -2.30. The molecule has 1 aliphatic rings. The molecule has 0 radical (unpaired) electrons. The lowest BCUT2D eigenvalue weighted by molar-refractivity contribution is -0.168. The highest BCUT2D eigenvalue weighted by Gasteiger charge is 2.62. The molecule has 136 valence electrons. The van der Waals surface area contributed by atoms with Crippen molar-refractivity contribution in [1.82, 2.24) is 0 Å². The Bertz CT molecular complexity index is 588. The van der Waals surface area contributed by atoms with E-state index >= 15 is 0 Å². The maximum atomic E-state index is 13.7. The molecule has 0 atom stereocenters. The van der Waals surface area contributed by atoms with E-state index in [2.05, 4.69) is 0 Å². The molecule has 0 fully saturated rings. The van der Waals surface area contributed by atoms with Crippen LogP contribution in [0.25, 0.3) is 0 Å². The molecular weight excluding hydrogens is 460 g/mol. The molecule has 1 rings (SSSR count). The highest BCUT2D eigenvalue weighted by Crippen LogP contribution is 2.49. The number of rotatable bonds is 6. The Hall–Kier alpha value is -1.07. The van der Waals surface area contributed by atoms with Crippen LogP contribution in [0.2, 0.25) is 0 Å². The van der Waals surface area contributed by atoms with Gasteiger partial charge >= 0.3 is 24.0 Å². The van der Waals surface area contributed by atoms with E-state index in [1.165, 1.54) is 34.7 Å². The van der Waals surface area contributed by atoms with Crippen molar-refractivity contribution < 1.29 is 40.6 Å². The zero-order valence-corrected chi connectivity index (χ0v) is 14.1. The second kappa shape index (κ2) is 7.44. The topological polar surface area (TPSA) is 37.3 Å². The van der Waals surface area contributed by atoms with Crippen molar-refractivity contribution in [3.63, 3.8) is 0 Å². The average molecular weight is 472 g/mol. The van der Waals surface area contributed by atoms with Gasteiger partial charge in [-0.25, -0.2) is 4.79 Å². The van der Waals surface area contributed by atoms with Crippen molar-refractivity contribution in [3.05, 3.63) is 33.0 Å². The Morgan fingerprint density at radius 1 is 1.17 bits per heavy atom. The molecule has 0 unspecified atom stereocenters. The van der Waals surface area contributed by atoms with Gasteiger partial charge < -0.3 is 5.11 Å². The number of hydrogen-bond acceptors (Lipinski definition) is 1. The van der Waals surface area contributed by atoms with Crippen LogP contribution in [0.5, 0.6) is 0 Å². The number of carboxylic acids is 1. The summed E-state index contributed by atoms with van der Waals surface area (Å²) < 4.78 is 89.6. The second-order valence-corrected chi connectivity index (χ2v) is 6.17. The number of aliphatic carboxylic acids is 1. The van der Waals surface area contributed by atoms with Gasteiger partial charge in [0.15, 0.2) is 0 Å². The molecule has 0 aliphatic heterocycles. The van der Waals surface area contributed by atoms with E-state index in [9.17, 15) is 35.5 Å². The fraction of sp³-hybridized carbons (Fsp3) is 0.500. The van der Waals surface area contributed by atoms with E-state index in [4.69, 9.17) is 5.11 Å². The number of hydrogen-bond donors (Lipinski definition) is 1. The minimum absolute atomic E-state index is 0.00268. The molecule has 2 nitrogen and oxygen atoms in total. The summed E-state index contributed by atoms with van der Waals surface area (Å²) in [7, 11) is 0. The first kappa shape index (κ1) is 21.0. The van der Waals surface area contributed by atoms with Gasteiger partial charge in [-0.1, -0.05) is 12.2 Å². The first-order valence-electron chi connectivity index (χ1n) is 6.62. The highest BCUT2D eigenvalue weighted by molar-refractivity contribution is 14.1. The number of allylic oxidation sites excluding steroid dienone is 5. The van der Waals surface area contributed by atoms with Crippen LogP contribution >= 0.6 is 22.6 Å². The molecule has 0 saturated heterocycles. The summed E-state index contributed by atoms with van der Waals surface area (Å²) in [6.45, 7) is 0. The highest BCUT2D eigenvalue weighted by atomic mass is 127. The summed E-state index contributed by atoms with van der Waals surface area (Å²) in [5, 5.41) is 8.88. The molecule has 0 aromatic heterocycles. The standard InChI is InChI=1S/C14H12F7IO2/c15-12(16)7-9(22)8(10(11(23)24)14(12,20)21)5-3-1-2-4-6-13(17,18)19/h1-2,7H,3-6H2,(H,23,24). The van der Waals surface area contributed by atoms with E-state index in [0.717, 1.165) is 0 Å². The van der Waals surface area contributed by atoms with Gasteiger partial charge in [0.05, 0.1) is 0 Å². The molecule has 10 heteroatoms. The molecule has 0 aromatic rings. The zero-order valence-electron chi connectivity index (χ0n) is 11.9. The summed E-state index contributed by atoms with van der Waals surface area (Å²) in [5.74, 6) is -11.6. The van der Waals surface area contributed by atoms with Crippen LogP contribution < -0.4 is 0 Å². The summed E-state index contributed by atoms with van der Waals surface area (Å²) in [6.07, 6.45) is -3.57. The quantitative estimate of drug-likeness (QED) is 0.308. The van der Waals surface area contributed by atoms with Crippen molar-refractivity contribution >= 4 is 28.6 Å². The predicted octanol–water partition coefficient (Wildman–Crippen LogP) is 5.65. The fourth-order valence-corrected chi connectivity index (χ4v) is 2.96. The number of carbonyl (C=O) groups is 1. The van der Waals surface area contributed by atoms with Gasteiger partial charge in [-0.15, -0.1) is 0 Å². The van der Waals surface area contributed by atoms with Crippen LogP contribution in [-0.2, 0) is 4.79 Å². The average Bonchev–Trinajstić information content (AvgIpc) is 2.36. The van der Waals surface area contributed by atoms with Crippen molar-refractivity contribution in [2.24, 2.45) is 0 Å². The van der Waals surface area contributed by atoms with Gasteiger partial charge in [-0.05, 0) is 47.4 Å². The minimum atomic E-state index is -4.86. The van der Waals surface area contributed by atoms with Gasteiger partial charge in [0.2, 0.25) is 0 Å². The lowest BCUT2D eigenvalue weighted by Crippen LogP contribution is -2.45. The molecule has 0 amide bonds. The number of halogens is 8. The molecule has 1 aliphatic carbocycles. The molecular formula is C14H12F7IO2. The molecule has 1 N–H and O–H groups in total. The van der Waals surface area contributed by atoms with Crippen LogP contribution in [0.4, 0.5) is 30.7 Å². The molecule has 0 bridgehead atoms. The fourth-order valence-electron chi connectivity index (χ4n) is 2.03. The third kappa shape index (κ3) is 4.96. The third-order valence-corrected chi connectivity index (χ3v) is 4.13. The van der Waals surface area contributed by atoms with Crippen molar-refractivity contribution in [3.8, 4) is 0 Å². The Morgan fingerprint density at radius 3 is 2.21 bits per heavy atom. The van der Waals surface area contributed by atoms with Gasteiger partial charge in [0, 0.05) is 16.1 Å². The van der Waals surface area contributed by atoms with Crippen molar-refractivity contribution in [2.45, 2.75) is 43.7 Å². The number of alkyl halides is 7. The zero-order chi connectivity index (χ0) is 18.8. The third-order valence-electron chi connectivity index (χ3n) is 3.17. The Balaban J connectivity index is 2.89. The molecule has 0 spiro atoms. The molecule has 0 saturated carbocycles. The normalized spacial score (nSPS) is 20.4. The molecule has 0 heterocycles. The monoisotopic (exact) mass is 472 g/mol. The van der Waals surface area contributed by atoms with Crippen LogP contribution in [0.15, 0.2) is 33.0 Å². The minimum Gasteiger partial charge on any atom is -0.478 e. The summed E-state index contributed by atoms with van der Waals surface area (Å²) in [6, 6.07) is 0. The Labute approximate surface area is 146 Å². The summed E-state index contributed by atoms with van der Waals surface area (Å²) in [4.78, 5) is 11.0. The predicted molar refractivity (Wildman–Crippen MR) is 80.3 cm³/mol. The van der Waals surface area contributed by atoms with E-state index in [-0.39, 0.29) is 28.9 Å². The van der Waals surface area contributed by atoms with Gasteiger partial charge in [-0.3, -0.25) is 0 Å². The summed E-state index contributed by atoms with van der Waals surface area (Å²) in [5.41, 5.74) is -2.12. The van der Waals surface area contributed by atoms with Crippen molar-refractivity contribution in [2.75, 3.05) is 0 Å². The first-order valence-corrected chi connectivity index (χ1v) is 7.70. The first-order chi connectivity index (χ1) is 10.8. The van der Waals surface area contributed by atoms with Crippen LogP contribution in [0, 0.1) is 0 Å². The van der Waals surface area contributed by atoms with Crippen LogP contribution in [0.1, 0.15) is 25.7 Å². The van der Waals surface area contributed by atoms with Crippen molar-refractivity contribution in [1.29, 1.82) is 0 Å². The van der Waals surface area contributed by atoms with Gasteiger partial charge in [-0.2, -0.15) is 30.7 Å². The SMILES string of the molecule is O=C(O)C1=C(CCC=CCCC(F)(F)F)C(I)=CC(F)(F)C1(F)F. The molecule has 0 aromatic carbocycles. The largest absolute Gasteiger partial charge is 0.478 e. The Morgan fingerprint density at radius 2 is 1.71 bits per heavy atom. The van der Waals surface area contributed by atoms with E-state index in [0.29, 0.717) is 0 Å². The van der Waals surface area contributed by atoms with E-state index < -0.39 is 41.6 Å². The van der Waals surface area contributed by atoms with Gasteiger partial charge in [0.1, 0.15) is 5.57 Å². The smallest absolute Gasteiger partial charge is 0.389 e.